The van der Waals surface area contributed by atoms with Gasteiger partial charge in [-0.3, -0.25) is 14.4 Å². The molecule has 2 bridgehead atoms. The van der Waals surface area contributed by atoms with E-state index in [1.165, 1.54) is 12.8 Å². The van der Waals surface area contributed by atoms with E-state index in [9.17, 15) is 14.4 Å². The molecule has 3 aliphatic heterocycles. The summed E-state index contributed by atoms with van der Waals surface area (Å²) in [6.45, 7) is 12.1. The molecule has 3 aliphatic carbocycles. The lowest BCUT2D eigenvalue weighted by atomic mass is 9.38. The predicted molar refractivity (Wildman–Crippen MR) is 134 cm³/mol. The minimum absolute atomic E-state index is 0.116. The van der Waals surface area contributed by atoms with E-state index in [0.29, 0.717) is 24.7 Å². The second-order valence-electron chi connectivity index (χ2n) is 14.1. The van der Waals surface area contributed by atoms with Gasteiger partial charge in [0.25, 0.3) is 0 Å². The molecule has 6 nitrogen and oxygen atoms in total. The van der Waals surface area contributed by atoms with Crippen LogP contribution in [0.5, 0.6) is 0 Å². The summed E-state index contributed by atoms with van der Waals surface area (Å²) >= 11 is 0. The minimum Gasteiger partial charge on any atom is -0.469 e. The molecule has 0 N–H and O–H groups in total. The molecule has 3 heterocycles. The quantitative estimate of drug-likeness (QED) is 0.505. The van der Waals surface area contributed by atoms with Crippen LogP contribution in [0.4, 0.5) is 0 Å². The van der Waals surface area contributed by atoms with Crippen LogP contribution in [0.2, 0.25) is 0 Å². The normalized spacial score (nSPS) is 51.5. The van der Waals surface area contributed by atoms with Crippen molar-refractivity contribution in [1.29, 1.82) is 0 Å². The van der Waals surface area contributed by atoms with Crippen molar-refractivity contribution in [2.75, 3.05) is 13.7 Å². The van der Waals surface area contributed by atoms with E-state index in [1.807, 2.05) is 0 Å². The summed E-state index contributed by atoms with van der Waals surface area (Å²) in [5, 5.41) is 0. The van der Waals surface area contributed by atoms with Gasteiger partial charge in [0.15, 0.2) is 0 Å². The van der Waals surface area contributed by atoms with Gasteiger partial charge in [-0.15, -0.1) is 0 Å². The van der Waals surface area contributed by atoms with Crippen molar-refractivity contribution in [3.05, 3.63) is 11.8 Å². The molecule has 6 heteroatoms. The fourth-order valence-corrected chi connectivity index (χ4v) is 10.2. The first-order chi connectivity index (χ1) is 16.9. The molecule has 0 aromatic rings. The highest BCUT2D eigenvalue weighted by Gasteiger charge is 2.71. The maximum atomic E-state index is 14.1. The summed E-state index contributed by atoms with van der Waals surface area (Å²) in [7, 11) is 1.45. The molecular weight excluding hydrogens is 454 g/mol. The maximum absolute atomic E-state index is 14.1. The van der Waals surface area contributed by atoms with Crippen LogP contribution >= 0.6 is 0 Å². The van der Waals surface area contributed by atoms with Crippen molar-refractivity contribution in [2.24, 2.45) is 45.8 Å². The monoisotopic (exact) mass is 497 g/mol. The smallest absolute Gasteiger partial charge is 0.306 e. The van der Waals surface area contributed by atoms with Crippen LogP contribution in [0.25, 0.3) is 0 Å². The van der Waals surface area contributed by atoms with Crippen molar-refractivity contribution in [1.82, 2.24) is 4.90 Å². The molecule has 36 heavy (non-hydrogen) atoms. The summed E-state index contributed by atoms with van der Waals surface area (Å²) in [5.41, 5.74) is -0.462. The maximum Gasteiger partial charge on any atom is 0.306 e. The first-order valence-corrected chi connectivity index (χ1v) is 14.2. The number of carbonyl (C=O) groups excluding carboxylic acids is 3. The largest absolute Gasteiger partial charge is 0.469 e. The zero-order valence-electron chi connectivity index (χ0n) is 22.9. The Morgan fingerprint density at radius 1 is 1.08 bits per heavy atom. The molecule has 3 saturated heterocycles. The van der Waals surface area contributed by atoms with E-state index < -0.39 is 10.8 Å². The molecule has 1 spiro atoms. The van der Waals surface area contributed by atoms with E-state index in [1.54, 1.807) is 0 Å². The lowest BCUT2D eigenvalue weighted by Gasteiger charge is -2.67. The van der Waals surface area contributed by atoms with Gasteiger partial charge in [0.2, 0.25) is 0 Å². The third-order valence-electron chi connectivity index (χ3n) is 11.8. The summed E-state index contributed by atoms with van der Waals surface area (Å²) < 4.78 is 12.0. The SMILES string of the molecule is COC(=O)C[C@@]1(C)[C@H]2C(=O)CC3C(=O)CC(C)CC3[C@]2(C)C=C2N3C[C@H]4C[C@H](C)C[C@]3(CC[C@]21C)O4. The fraction of sp³-hybridized carbons (Fsp3) is 0.833. The van der Waals surface area contributed by atoms with E-state index >= 15 is 0 Å². The average molecular weight is 498 g/mol. The van der Waals surface area contributed by atoms with Crippen LogP contribution in [0.15, 0.2) is 11.8 Å². The van der Waals surface area contributed by atoms with Crippen LogP contribution in [-0.4, -0.2) is 47.9 Å². The van der Waals surface area contributed by atoms with Gasteiger partial charge in [0.05, 0.1) is 19.6 Å². The lowest BCUT2D eigenvalue weighted by molar-refractivity contribution is -0.199. The minimum atomic E-state index is -0.603. The van der Waals surface area contributed by atoms with E-state index in [2.05, 4.69) is 45.6 Å². The van der Waals surface area contributed by atoms with Crippen molar-refractivity contribution >= 4 is 17.5 Å². The standard InChI is InChI=1S/C30H43NO5/c1-17-10-21-20(22(32)11-17)12-23(33)26-27(21,3)14-24-28(4,29(26,5)15-25(34)35-6)7-8-30-13-18(2)9-19(36-30)16-31(24)30/h14,17-21,26H,7-13,15-16H2,1-6H3/t17?,18-,19+,20?,21?,26-,27-,28+,29-,30-/m0/s1. The Morgan fingerprint density at radius 2 is 1.83 bits per heavy atom. The second-order valence-corrected chi connectivity index (χ2v) is 14.1. The Morgan fingerprint density at radius 3 is 2.56 bits per heavy atom. The lowest BCUT2D eigenvalue weighted by Crippen LogP contribution is -2.67. The zero-order chi connectivity index (χ0) is 25.8. The highest BCUT2D eigenvalue weighted by Crippen LogP contribution is 2.72. The Hall–Kier alpha value is -1.69. The number of nitrogens with zero attached hydrogens (tertiary/aromatic N) is 1. The number of ketones is 2. The Balaban J connectivity index is 1.56. The van der Waals surface area contributed by atoms with Gasteiger partial charge in [0.1, 0.15) is 17.3 Å². The number of Topliss-reactive ketones (excluding diaryl/α,β-unsaturated/α-hetero) is 2. The number of allylic oxidation sites excluding steroid dienone is 2. The van der Waals surface area contributed by atoms with Crippen molar-refractivity contribution in [3.63, 3.8) is 0 Å². The highest BCUT2D eigenvalue weighted by molar-refractivity contribution is 5.93. The number of carbonyl (C=O) groups is 3. The van der Waals surface area contributed by atoms with Gasteiger partial charge >= 0.3 is 5.97 Å². The first kappa shape index (κ1) is 24.6. The van der Waals surface area contributed by atoms with Crippen molar-refractivity contribution in [2.45, 2.75) is 97.8 Å². The molecule has 0 radical (unpaired) electrons. The number of hydrogen-bond donors (Lipinski definition) is 0. The molecule has 0 amide bonds. The Kier molecular flexibility index (Phi) is 5.25. The molecule has 3 unspecified atom stereocenters. The number of fused-ring (bicyclic) bond motifs is 6. The summed E-state index contributed by atoms with van der Waals surface area (Å²) in [6.07, 6.45) is 8.61. The number of piperidine rings is 1. The van der Waals surface area contributed by atoms with Crippen LogP contribution in [-0.2, 0) is 23.9 Å². The number of esters is 1. The zero-order valence-corrected chi connectivity index (χ0v) is 22.9. The average Bonchev–Trinajstić information content (AvgIpc) is 3.06. The molecule has 5 fully saturated rings. The Labute approximate surface area is 215 Å². The number of methoxy groups -OCH3 is 1. The topological polar surface area (TPSA) is 72.9 Å². The molecule has 198 valence electrons. The molecule has 10 atom stereocenters. The van der Waals surface area contributed by atoms with Crippen LogP contribution in [0.1, 0.15) is 86.0 Å². The summed E-state index contributed by atoms with van der Waals surface area (Å²) in [6, 6.07) is 0. The molecule has 6 aliphatic rings. The van der Waals surface area contributed by atoms with Crippen LogP contribution in [0, 0.1) is 45.8 Å². The molecule has 2 saturated carbocycles. The fourth-order valence-electron chi connectivity index (χ4n) is 10.2. The summed E-state index contributed by atoms with van der Waals surface area (Å²) in [5.74, 6) is 0.692. The number of hydrogen-bond acceptors (Lipinski definition) is 6. The van der Waals surface area contributed by atoms with Gasteiger partial charge in [-0.1, -0.05) is 40.7 Å². The van der Waals surface area contributed by atoms with E-state index in [0.717, 1.165) is 38.6 Å². The van der Waals surface area contributed by atoms with Crippen molar-refractivity contribution < 1.29 is 23.9 Å². The van der Waals surface area contributed by atoms with Gasteiger partial charge in [0, 0.05) is 47.7 Å². The number of rotatable bonds is 2. The predicted octanol–water partition coefficient (Wildman–Crippen LogP) is 4.91. The summed E-state index contributed by atoms with van der Waals surface area (Å²) in [4.78, 5) is 42.8. The van der Waals surface area contributed by atoms with Crippen molar-refractivity contribution in [3.8, 4) is 0 Å². The third kappa shape index (κ3) is 3.03. The molecule has 6 rings (SSSR count). The first-order valence-electron chi connectivity index (χ1n) is 14.2. The molecule has 0 aromatic heterocycles. The second kappa shape index (κ2) is 7.68. The van der Waals surface area contributed by atoms with Gasteiger partial charge in [-0.05, 0) is 55.3 Å². The van der Waals surface area contributed by atoms with Crippen LogP contribution in [0.3, 0.4) is 0 Å². The van der Waals surface area contributed by atoms with Gasteiger partial charge in [-0.25, -0.2) is 0 Å². The molecule has 0 aromatic carbocycles. The van der Waals surface area contributed by atoms with E-state index in [-0.39, 0.29) is 59.0 Å². The molecular formula is C30H43NO5. The van der Waals surface area contributed by atoms with Gasteiger partial charge in [-0.2, -0.15) is 0 Å². The van der Waals surface area contributed by atoms with E-state index in [4.69, 9.17) is 9.47 Å². The highest BCUT2D eigenvalue weighted by atomic mass is 16.5. The van der Waals surface area contributed by atoms with Crippen LogP contribution < -0.4 is 0 Å². The van der Waals surface area contributed by atoms with Gasteiger partial charge < -0.3 is 14.4 Å². The third-order valence-corrected chi connectivity index (χ3v) is 11.8. The Bertz CT molecular complexity index is 1050. The number of ether oxygens (including phenoxy) is 2.